The van der Waals surface area contributed by atoms with Gasteiger partial charge in [0.2, 0.25) is 0 Å². The van der Waals surface area contributed by atoms with Crippen LogP contribution in [-0.4, -0.2) is 12.6 Å². The van der Waals surface area contributed by atoms with E-state index < -0.39 is 8.07 Å². The standard InChI is InChI=1S/C62H43NSi/c1-5-21-42(22-6-1)44-39-45(43-23-7-2-8-24-43)41-48(40-44)64(46-25-9-3-10-26-46,47-27-11-4-12-28-47)58-38-20-34-54-59-51-31-13-14-32-52(51)62(61(54)58)60-53(59)33-19-37-57(60)63-55-35-17-15-29-49(55)50-30-16-18-36-56(50)63/h1-41,59,62H/i15D,17D,29D,35D. The summed E-state index contributed by atoms with van der Waals surface area (Å²) in [6.07, 6.45) is 0. The maximum absolute atomic E-state index is 9.48. The Bertz CT molecular complexity index is 3700. The van der Waals surface area contributed by atoms with Gasteiger partial charge in [0.1, 0.15) is 0 Å². The van der Waals surface area contributed by atoms with Gasteiger partial charge in [-0.25, -0.2) is 0 Å². The smallest absolute Gasteiger partial charge is 0.179 e. The zero-order chi connectivity index (χ0) is 45.7. The van der Waals surface area contributed by atoms with Gasteiger partial charge < -0.3 is 4.57 Å². The zero-order valence-corrected chi connectivity index (χ0v) is 36.0. The molecule has 300 valence electrons. The van der Waals surface area contributed by atoms with Gasteiger partial charge in [0.05, 0.1) is 22.2 Å². The van der Waals surface area contributed by atoms with Gasteiger partial charge in [-0.1, -0.05) is 224 Å². The lowest BCUT2D eigenvalue weighted by Gasteiger charge is -2.47. The van der Waals surface area contributed by atoms with Crippen LogP contribution in [0, 0.1) is 0 Å². The highest BCUT2D eigenvalue weighted by molar-refractivity contribution is 7.20. The molecule has 2 heteroatoms. The third-order valence-corrected chi connectivity index (χ3v) is 18.8. The van der Waals surface area contributed by atoms with Crippen molar-refractivity contribution in [3.63, 3.8) is 0 Å². The van der Waals surface area contributed by atoms with Gasteiger partial charge in [-0.15, -0.1) is 0 Å². The second-order valence-corrected chi connectivity index (χ2v) is 20.9. The summed E-state index contributed by atoms with van der Waals surface area (Å²) in [4.78, 5) is 0. The van der Waals surface area contributed by atoms with E-state index in [9.17, 15) is 2.74 Å². The Labute approximate surface area is 380 Å². The molecule has 0 saturated carbocycles. The molecule has 3 aliphatic rings. The molecule has 11 aromatic rings. The molecule has 0 spiro atoms. The van der Waals surface area contributed by atoms with Gasteiger partial charge in [0.15, 0.2) is 8.07 Å². The maximum atomic E-state index is 9.48. The molecule has 2 bridgehead atoms. The van der Waals surface area contributed by atoms with Crippen LogP contribution in [0.1, 0.15) is 50.7 Å². The van der Waals surface area contributed by atoms with Crippen molar-refractivity contribution in [2.75, 3.05) is 0 Å². The molecule has 1 aromatic heterocycles. The van der Waals surface area contributed by atoms with E-state index >= 15 is 0 Å². The molecule has 1 nitrogen and oxygen atoms in total. The van der Waals surface area contributed by atoms with Gasteiger partial charge in [-0.05, 0) is 101 Å². The van der Waals surface area contributed by atoms with Crippen LogP contribution >= 0.6 is 0 Å². The van der Waals surface area contributed by atoms with E-state index in [2.05, 4.69) is 211 Å². The summed E-state index contributed by atoms with van der Waals surface area (Å²) in [6.45, 7) is 0. The first-order chi connectivity index (χ1) is 33.4. The van der Waals surface area contributed by atoms with Crippen LogP contribution in [0.15, 0.2) is 249 Å². The third kappa shape index (κ3) is 5.36. The van der Waals surface area contributed by atoms with Crippen LogP contribution in [0.4, 0.5) is 0 Å². The highest BCUT2D eigenvalue weighted by Gasteiger charge is 2.50. The quantitative estimate of drug-likeness (QED) is 0.111. The first-order valence-electron chi connectivity index (χ1n) is 24.2. The molecule has 0 aliphatic heterocycles. The number of aromatic nitrogens is 1. The lowest BCUT2D eigenvalue weighted by molar-refractivity contribution is 0.752. The van der Waals surface area contributed by atoms with Crippen LogP contribution in [0.2, 0.25) is 0 Å². The lowest BCUT2D eigenvalue weighted by atomic mass is 9.60. The van der Waals surface area contributed by atoms with E-state index in [-0.39, 0.29) is 36.0 Å². The van der Waals surface area contributed by atoms with Crippen LogP contribution in [0.25, 0.3) is 49.7 Å². The molecule has 0 fully saturated rings. The molecule has 0 radical (unpaired) electrons. The van der Waals surface area contributed by atoms with Crippen molar-refractivity contribution < 1.29 is 5.48 Å². The van der Waals surface area contributed by atoms with Crippen molar-refractivity contribution in [1.82, 2.24) is 4.57 Å². The Morgan fingerprint density at radius 2 is 0.875 bits per heavy atom. The fourth-order valence-corrected chi connectivity index (χ4v) is 16.6. The van der Waals surface area contributed by atoms with Crippen molar-refractivity contribution >= 4 is 50.6 Å². The van der Waals surface area contributed by atoms with E-state index in [1.54, 1.807) is 0 Å². The van der Waals surface area contributed by atoms with Crippen molar-refractivity contribution in [3.05, 3.63) is 282 Å². The molecule has 0 saturated heterocycles. The molecule has 10 aromatic carbocycles. The molecule has 2 unspecified atom stereocenters. The van der Waals surface area contributed by atoms with Crippen LogP contribution in [-0.2, 0) is 0 Å². The summed E-state index contributed by atoms with van der Waals surface area (Å²) >= 11 is 0. The topological polar surface area (TPSA) is 4.93 Å². The molecule has 3 aliphatic carbocycles. The Morgan fingerprint density at radius 1 is 0.359 bits per heavy atom. The molecule has 0 amide bonds. The van der Waals surface area contributed by atoms with Gasteiger partial charge in [-0.2, -0.15) is 0 Å². The van der Waals surface area contributed by atoms with Crippen LogP contribution in [0.5, 0.6) is 0 Å². The van der Waals surface area contributed by atoms with E-state index in [1.807, 2.05) is 18.2 Å². The number of fused-ring (bicyclic) bond motifs is 3. The van der Waals surface area contributed by atoms with Crippen molar-refractivity contribution in [1.29, 1.82) is 0 Å². The summed E-state index contributed by atoms with van der Waals surface area (Å²) in [5.74, 6) is -0.276. The minimum Gasteiger partial charge on any atom is -0.309 e. The first-order valence-corrected chi connectivity index (χ1v) is 24.2. The fourth-order valence-electron chi connectivity index (χ4n) is 11.5. The van der Waals surface area contributed by atoms with Crippen molar-refractivity contribution in [2.24, 2.45) is 0 Å². The predicted molar refractivity (Wildman–Crippen MR) is 270 cm³/mol. The molecule has 64 heavy (non-hydrogen) atoms. The number of rotatable bonds is 7. The minimum absolute atomic E-state index is 0.0191. The SMILES string of the molecule is [2H]c1c([2H])c([2H])c2c(c1[2H])c1ccccc1n2-c1cccc2c1C1c3ccccc3C2c2cccc([Si](c3ccccc3)(c3ccccc3)c3cc(-c4ccccc4)cc(-c4ccccc4)c3)c21. The number of para-hydroxylation sites is 2. The number of hydrogen-bond acceptors (Lipinski definition) is 0. The maximum Gasteiger partial charge on any atom is 0.179 e. The Balaban J connectivity index is 1.18. The van der Waals surface area contributed by atoms with Gasteiger partial charge in [0.25, 0.3) is 0 Å². The fraction of sp³-hybridized carbons (Fsp3) is 0.0323. The predicted octanol–water partition coefficient (Wildman–Crippen LogP) is 12.5. The summed E-state index contributed by atoms with van der Waals surface area (Å²) in [7, 11) is -3.30. The zero-order valence-electron chi connectivity index (χ0n) is 39.0. The van der Waals surface area contributed by atoms with Crippen LogP contribution < -0.4 is 20.7 Å². The summed E-state index contributed by atoms with van der Waals surface area (Å²) < 4.78 is 38.6. The number of hydrogen-bond donors (Lipinski definition) is 0. The second kappa shape index (κ2) is 14.7. The van der Waals surface area contributed by atoms with Crippen molar-refractivity contribution in [2.45, 2.75) is 11.8 Å². The molecular weight excluding hydrogens is 787 g/mol. The van der Waals surface area contributed by atoms with E-state index in [0.717, 1.165) is 16.6 Å². The normalized spacial score (nSPS) is 15.8. The summed E-state index contributed by atoms with van der Waals surface area (Å²) in [5, 5.41) is 6.58. The number of nitrogens with zero attached hydrogens (tertiary/aromatic N) is 1. The molecule has 1 heterocycles. The lowest BCUT2D eigenvalue weighted by Crippen LogP contribution is -2.75. The summed E-state index contributed by atoms with van der Waals surface area (Å²) in [5.41, 5.74) is 14.6. The molecule has 0 N–H and O–H groups in total. The number of benzene rings is 10. The Kier molecular flexibility index (Phi) is 7.53. The Hall–Kier alpha value is -7.78. The minimum atomic E-state index is -3.30. The van der Waals surface area contributed by atoms with Gasteiger partial charge in [0, 0.05) is 22.6 Å². The van der Waals surface area contributed by atoms with Gasteiger partial charge >= 0.3 is 0 Å². The van der Waals surface area contributed by atoms with E-state index in [1.165, 1.54) is 76.4 Å². The Morgan fingerprint density at radius 3 is 1.53 bits per heavy atom. The highest BCUT2D eigenvalue weighted by atomic mass is 28.3. The second-order valence-electron chi connectivity index (χ2n) is 17.2. The van der Waals surface area contributed by atoms with Crippen molar-refractivity contribution in [3.8, 4) is 27.9 Å². The first kappa shape index (κ1) is 32.9. The molecule has 2 atom stereocenters. The monoisotopic (exact) mass is 833 g/mol. The largest absolute Gasteiger partial charge is 0.309 e. The van der Waals surface area contributed by atoms with Gasteiger partial charge in [-0.3, -0.25) is 0 Å². The molecular formula is C62H43NSi. The van der Waals surface area contributed by atoms with E-state index in [0.29, 0.717) is 10.9 Å². The average Bonchev–Trinajstić information content (AvgIpc) is 3.76. The molecule has 14 rings (SSSR count). The van der Waals surface area contributed by atoms with Crippen LogP contribution in [0.3, 0.4) is 0 Å². The third-order valence-electron chi connectivity index (χ3n) is 14.0. The average molecular weight is 834 g/mol. The van der Waals surface area contributed by atoms with E-state index in [4.69, 9.17) is 2.74 Å². The summed E-state index contributed by atoms with van der Waals surface area (Å²) in [6, 6.07) is 81.5. The highest BCUT2D eigenvalue weighted by Crippen LogP contribution is 2.57.